The van der Waals surface area contributed by atoms with E-state index in [1.54, 1.807) is 0 Å². The lowest BCUT2D eigenvalue weighted by atomic mass is 10.1. The third-order valence-electron chi connectivity index (χ3n) is 1.95. The smallest absolute Gasteiger partial charge is 0.320 e. The zero-order valence-electron chi connectivity index (χ0n) is 6.64. The average Bonchev–Trinajstić information content (AvgIpc) is 1.99. The third-order valence-corrected chi connectivity index (χ3v) is 1.95. The maximum atomic E-state index is 10.4. The van der Waals surface area contributed by atoms with Gasteiger partial charge in [-0.15, -0.1) is 0 Å². The van der Waals surface area contributed by atoms with Crippen LogP contribution in [-0.4, -0.2) is 51.9 Å². The number of nitrogens with one attached hydrogen (secondary N) is 1. The van der Waals surface area contributed by atoms with E-state index >= 15 is 0 Å². The Morgan fingerprint density at radius 1 is 1.58 bits per heavy atom. The molecule has 0 bridgehead atoms. The number of nitrogens with zero attached hydrogens (tertiary/aromatic N) is 1. The maximum Gasteiger partial charge on any atom is 0.320 e. The normalized spacial score (nSPS) is 38.1. The van der Waals surface area contributed by atoms with E-state index in [1.165, 1.54) is 11.9 Å². The van der Waals surface area contributed by atoms with Gasteiger partial charge in [0.1, 0.15) is 12.3 Å². The number of hydrogen-bond donors (Lipinski definition) is 4. The Morgan fingerprint density at radius 3 is 2.58 bits per heavy atom. The molecule has 12 heavy (non-hydrogen) atoms. The molecule has 1 fully saturated rings. The minimum absolute atomic E-state index is 0.0723. The van der Waals surface area contributed by atoms with Gasteiger partial charge in [-0.25, -0.2) is 4.90 Å². The molecule has 1 aliphatic rings. The highest BCUT2D eigenvalue weighted by atomic mass is 16.4. The van der Waals surface area contributed by atoms with Crippen LogP contribution in [0.4, 0.5) is 0 Å². The van der Waals surface area contributed by atoms with Crippen molar-refractivity contribution in [1.82, 2.24) is 10.2 Å². The van der Waals surface area contributed by atoms with Gasteiger partial charge >= 0.3 is 5.97 Å². The van der Waals surface area contributed by atoms with Gasteiger partial charge in [-0.2, -0.15) is 0 Å². The molecular formula is C6H12N2O4. The largest absolute Gasteiger partial charge is 0.480 e. The molecule has 3 atom stereocenters. The van der Waals surface area contributed by atoms with Gasteiger partial charge in [0, 0.05) is 6.42 Å². The molecule has 0 saturated carbocycles. The van der Waals surface area contributed by atoms with Crippen LogP contribution in [0, 0.1) is 0 Å². The second kappa shape index (κ2) is 3.36. The van der Waals surface area contributed by atoms with Gasteiger partial charge in [-0.3, -0.25) is 10.1 Å². The van der Waals surface area contributed by atoms with Crippen LogP contribution in [0.2, 0.25) is 0 Å². The summed E-state index contributed by atoms with van der Waals surface area (Å²) >= 11 is 0. The van der Waals surface area contributed by atoms with Gasteiger partial charge in [-0.1, -0.05) is 0 Å². The van der Waals surface area contributed by atoms with Crippen LogP contribution in [0.5, 0.6) is 0 Å². The number of aliphatic carboxylic acids is 1. The molecule has 0 aromatic rings. The summed E-state index contributed by atoms with van der Waals surface area (Å²) in [6.07, 6.45) is -1.94. The third kappa shape index (κ3) is 1.72. The Hall–Kier alpha value is -0.690. The second-order valence-corrected chi connectivity index (χ2v) is 2.81. The molecule has 0 aliphatic carbocycles. The van der Waals surface area contributed by atoms with Gasteiger partial charge in [0.15, 0.2) is 6.35 Å². The van der Waals surface area contributed by atoms with Crippen molar-refractivity contribution in [2.45, 2.75) is 25.0 Å². The first-order chi connectivity index (χ1) is 5.52. The molecule has 6 heteroatoms. The van der Waals surface area contributed by atoms with Gasteiger partial charge in [-0.05, 0) is 7.05 Å². The van der Waals surface area contributed by atoms with Gasteiger partial charge in [0.25, 0.3) is 0 Å². The van der Waals surface area contributed by atoms with Crippen LogP contribution in [0.1, 0.15) is 6.42 Å². The van der Waals surface area contributed by atoms with Crippen LogP contribution < -0.4 is 5.32 Å². The van der Waals surface area contributed by atoms with E-state index in [-0.39, 0.29) is 6.42 Å². The SMILES string of the molecule is CN1[C@@H](O)CC(C(=O)O)N[C@@H]1O. The van der Waals surface area contributed by atoms with E-state index in [1.807, 2.05) is 0 Å². The number of carboxylic acids is 1. The first-order valence-corrected chi connectivity index (χ1v) is 3.59. The Kier molecular flexibility index (Phi) is 2.63. The summed E-state index contributed by atoms with van der Waals surface area (Å²) in [6, 6.07) is -0.883. The monoisotopic (exact) mass is 176 g/mol. The van der Waals surface area contributed by atoms with Crippen LogP contribution in [0.25, 0.3) is 0 Å². The molecule has 1 saturated heterocycles. The summed E-state index contributed by atoms with van der Waals surface area (Å²) in [6.45, 7) is 0. The topological polar surface area (TPSA) is 93.0 Å². The zero-order valence-corrected chi connectivity index (χ0v) is 6.64. The van der Waals surface area contributed by atoms with Crippen molar-refractivity contribution in [3.8, 4) is 0 Å². The fourth-order valence-electron chi connectivity index (χ4n) is 1.08. The fraction of sp³-hybridized carbons (Fsp3) is 0.833. The molecule has 0 aromatic heterocycles. The Balaban J connectivity index is 2.59. The van der Waals surface area contributed by atoms with Crippen LogP contribution in [0.3, 0.4) is 0 Å². The quantitative estimate of drug-likeness (QED) is 0.368. The van der Waals surface area contributed by atoms with E-state index in [9.17, 15) is 9.90 Å². The standard InChI is InChI=1S/C6H12N2O4/c1-8-4(9)2-3(5(10)11)7-6(8)12/h3-4,6-7,9,12H,2H2,1H3,(H,10,11)/t3?,4-,6-/m0/s1. The van der Waals surface area contributed by atoms with Crippen molar-refractivity contribution >= 4 is 5.97 Å². The number of hydrogen-bond acceptors (Lipinski definition) is 5. The molecule has 1 unspecified atom stereocenters. The molecule has 1 rings (SSSR count). The van der Waals surface area contributed by atoms with Crippen LogP contribution in [0.15, 0.2) is 0 Å². The molecule has 0 aromatic carbocycles. The summed E-state index contributed by atoms with van der Waals surface area (Å²) < 4.78 is 0. The molecule has 1 heterocycles. The van der Waals surface area contributed by atoms with Crippen molar-refractivity contribution in [3.63, 3.8) is 0 Å². The Labute approximate surface area is 69.4 Å². The number of aliphatic hydroxyl groups is 2. The molecule has 4 N–H and O–H groups in total. The lowest BCUT2D eigenvalue weighted by Crippen LogP contribution is -2.60. The highest BCUT2D eigenvalue weighted by molar-refractivity contribution is 5.73. The van der Waals surface area contributed by atoms with E-state index in [4.69, 9.17) is 10.2 Å². The highest BCUT2D eigenvalue weighted by Crippen LogP contribution is 2.11. The van der Waals surface area contributed by atoms with E-state index in [0.29, 0.717) is 0 Å². The highest BCUT2D eigenvalue weighted by Gasteiger charge is 2.33. The molecule has 1 aliphatic heterocycles. The van der Waals surface area contributed by atoms with Crippen molar-refractivity contribution in [2.24, 2.45) is 0 Å². The van der Waals surface area contributed by atoms with E-state index in [2.05, 4.69) is 5.32 Å². The predicted octanol–water partition coefficient (Wildman–Crippen LogP) is -2.04. The maximum absolute atomic E-state index is 10.4. The number of aliphatic hydroxyl groups excluding tert-OH is 2. The lowest BCUT2D eigenvalue weighted by molar-refractivity contribution is -0.163. The van der Waals surface area contributed by atoms with E-state index in [0.717, 1.165) is 0 Å². The molecule has 70 valence electrons. The predicted molar refractivity (Wildman–Crippen MR) is 39.0 cm³/mol. The number of carboxylic acid groups (broad SMARTS) is 1. The second-order valence-electron chi connectivity index (χ2n) is 2.81. The first-order valence-electron chi connectivity index (χ1n) is 3.59. The van der Waals surface area contributed by atoms with Crippen LogP contribution >= 0.6 is 0 Å². The minimum Gasteiger partial charge on any atom is -0.480 e. The first kappa shape index (κ1) is 9.40. The molecule has 0 spiro atoms. The summed E-state index contributed by atoms with van der Waals surface area (Å²) in [5, 5.41) is 29.4. The summed E-state index contributed by atoms with van der Waals surface area (Å²) in [5.74, 6) is -1.07. The van der Waals surface area contributed by atoms with Crippen molar-refractivity contribution in [1.29, 1.82) is 0 Å². The van der Waals surface area contributed by atoms with Crippen molar-refractivity contribution < 1.29 is 20.1 Å². The minimum atomic E-state index is -1.10. The zero-order chi connectivity index (χ0) is 9.30. The number of carbonyl (C=O) groups is 1. The van der Waals surface area contributed by atoms with Crippen LogP contribution in [-0.2, 0) is 4.79 Å². The van der Waals surface area contributed by atoms with E-state index < -0.39 is 24.6 Å². The van der Waals surface area contributed by atoms with Gasteiger partial charge in [0.2, 0.25) is 0 Å². The molecule has 6 nitrogen and oxygen atoms in total. The molecule has 0 radical (unpaired) electrons. The Bertz CT molecular complexity index is 174. The van der Waals surface area contributed by atoms with Gasteiger partial charge < -0.3 is 15.3 Å². The average molecular weight is 176 g/mol. The molecular weight excluding hydrogens is 164 g/mol. The van der Waals surface area contributed by atoms with Crippen molar-refractivity contribution in [3.05, 3.63) is 0 Å². The Morgan fingerprint density at radius 2 is 2.17 bits per heavy atom. The summed E-state index contributed by atoms with van der Waals surface area (Å²) in [5.41, 5.74) is 0. The van der Waals surface area contributed by atoms with Crippen molar-refractivity contribution in [2.75, 3.05) is 7.05 Å². The van der Waals surface area contributed by atoms with Gasteiger partial charge in [0.05, 0.1) is 0 Å². The fourth-order valence-corrected chi connectivity index (χ4v) is 1.08. The lowest BCUT2D eigenvalue weighted by Gasteiger charge is -2.37. The summed E-state index contributed by atoms with van der Waals surface area (Å²) in [4.78, 5) is 11.7. The summed E-state index contributed by atoms with van der Waals surface area (Å²) in [7, 11) is 1.50. The molecule has 0 amide bonds. The number of rotatable bonds is 1.